The van der Waals surface area contributed by atoms with Gasteiger partial charge in [-0.15, -0.1) is 0 Å². The first-order chi connectivity index (χ1) is 6.86. The smallest absolute Gasteiger partial charge is 0.158 e. The molecular formula is C12H13NO. The molecule has 0 unspecified atom stereocenters. The van der Waals surface area contributed by atoms with Crippen molar-refractivity contribution in [1.82, 2.24) is 4.98 Å². The van der Waals surface area contributed by atoms with E-state index in [1.54, 1.807) is 6.20 Å². The van der Waals surface area contributed by atoms with Crippen molar-refractivity contribution < 1.29 is 4.79 Å². The van der Waals surface area contributed by atoms with E-state index >= 15 is 0 Å². The fourth-order valence-corrected chi connectivity index (χ4v) is 1.69. The lowest BCUT2D eigenvalue weighted by Gasteiger charge is -2.11. The molecule has 0 N–H and O–H groups in total. The molecule has 2 rings (SSSR count). The van der Waals surface area contributed by atoms with Gasteiger partial charge in [0.1, 0.15) is 0 Å². The average molecular weight is 187 g/mol. The summed E-state index contributed by atoms with van der Waals surface area (Å²) in [7, 11) is 0. The fourth-order valence-electron chi connectivity index (χ4n) is 1.69. The molecule has 14 heavy (non-hydrogen) atoms. The molecule has 2 heteroatoms. The number of allylic oxidation sites excluding steroid dienone is 1. The summed E-state index contributed by atoms with van der Waals surface area (Å²) in [4.78, 5) is 15.7. The molecule has 1 heterocycles. The number of Topliss-reactive ketones (excluding diaryl/α,β-unsaturated/α-hetero) is 1. The molecule has 0 aliphatic heterocycles. The van der Waals surface area contributed by atoms with Gasteiger partial charge in [-0.1, -0.05) is 6.07 Å². The van der Waals surface area contributed by atoms with Gasteiger partial charge >= 0.3 is 0 Å². The summed E-state index contributed by atoms with van der Waals surface area (Å²) in [5.41, 5.74) is 1.83. The zero-order valence-corrected chi connectivity index (χ0v) is 8.07. The van der Waals surface area contributed by atoms with Gasteiger partial charge in [-0.2, -0.15) is 0 Å². The quantitative estimate of drug-likeness (QED) is 0.632. The van der Waals surface area contributed by atoms with Gasteiger partial charge in [0.2, 0.25) is 0 Å². The number of rotatable bonds is 1. The lowest BCUT2D eigenvalue weighted by molar-refractivity contribution is -0.116. The van der Waals surface area contributed by atoms with Crippen LogP contribution in [0.15, 0.2) is 30.0 Å². The van der Waals surface area contributed by atoms with E-state index in [9.17, 15) is 4.79 Å². The lowest BCUT2D eigenvalue weighted by Crippen LogP contribution is -2.08. The normalized spacial score (nSPS) is 20.0. The number of hydrogen-bond acceptors (Lipinski definition) is 2. The third-order valence-corrected chi connectivity index (χ3v) is 2.47. The van der Waals surface area contributed by atoms with Crippen molar-refractivity contribution >= 4 is 11.9 Å². The molecule has 0 spiro atoms. The second-order valence-electron chi connectivity index (χ2n) is 3.55. The Labute approximate surface area is 83.7 Å². The topological polar surface area (TPSA) is 30.0 Å². The number of nitrogens with zero attached hydrogens (tertiary/aromatic N) is 1. The first-order valence-corrected chi connectivity index (χ1v) is 5.01. The molecule has 0 saturated heterocycles. The Morgan fingerprint density at radius 1 is 1.21 bits per heavy atom. The highest BCUT2D eigenvalue weighted by Crippen LogP contribution is 2.21. The number of pyridine rings is 1. The molecule has 0 radical (unpaired) electrons. The van der Waals surface area contributed by atoms with Crippen LogP contribution in [0.4, 0.5) is 0 Å². The van der Waals surface area contributed by atoms with Crippen LogP contribution in [0.25, 0.3) is 6.08 Å². The van der Waals surface area contributed by atoms with Crippen molar-refractivity contribution in [2.75, 3.05) is 0 Å². The van der Waals surface area contributed by atoms with Crippen LogP contribution in [-0.4, -0.2) is 10.8 Å². The molecular weight excluding hydrogens is 174 g/mol. The van der Waals surface area contributed by atoms with Crippen molar-refractivity contribution in [3.63, 3.8) is 0 Å². The summed E-state index contributed by atoms with van der Waals surface area (Å²) >= 11 is 0. The fraction of sp³-hybridized carbons (Fsp3) is 0.333. The Morgan fingerprint density at radius 3 is 2.79 bits per heavy atom. The lowest BCUT2D eigenvalue weighted by atomic mass is 9.93. The van der Waals surface area contributed by atoms with E-state index in [1.165, 1.54) is 0 Å². The van der Waals surface area contributed by atoms with Gasteiger partial charge in [0, 0.05) is 12.6 Å². The van der Waals surface area contributed by atoms with Crippen LogP contribution >= 0.6 is 0 Å². The van der Waals surface area contributed by atoms with Crippen LogP contribution in [0, 0.1) is 0 Å². The molecule has 1 aromatic heterocycles. The van der Waals surface area contributed by atoms with Crippen molar-refractivity contribution in [1.29, 1.82) is 0 Å². The highest BCUT2D eigenvalue weighted by molar-refractivity contribution is 5.99. The molecule has 72 valence electrons. The predicted molar refractivity (Wildman–Crippen MR) is 55.7 cm³/mol. The van der Waals surface area contributed by atoms with E-state index in [1.807, 2.05) is 24.3 Å². The summed E-state index contributed by atoms with van der Waals surface area (Å²) in [6, 6.07) is 5.74. The van der Waals surface area contributed by atoms with Gasteiger partial charge in [-0.05, 0) is 43.0 Å². The van der Waals surface area contributed by atoms with Gasteiger partial charge in [-0.25, -0.2) is 0 Å². The highest BCUT2D eigenvalue weighted by Gasteiger charge is 2.14. The molecule has 0 aromatic carbocycles. The number of carbonyl (C=O) groups is 1. The van der Waals surface area contributed by atoms with Crippen LogP contribution in [-0.2, 0) is 4.79 Å². The molecule has 0 amide bonds. The van der Waals surface area contributed by atoms with Crippen LogP contribution in [0.2, 0.25) is 0 Å². The average Bonchev–Trinajstić information content (AvgIpc) is 2.23. The van der Waals surface area contributed by atoms with Gasteiger partial charge in [0.25, 0.3) is 0 Å². The standard InChI is InChI=1S/C12H13NO/c14-12-7-2-1-5-10(12)9-11-6-3-4-8-13-11/h3-4,6,8-9H,1-2,5,7H2/b10-9+. The number of ketones is 1. The SMILES string of the molecule is O=C1CCCC/C1=C\c1ccccn1. The third-order valence-electron chi connectivity index (χ3n) is 2.47. The van der Waals surface area contributed by atoms with E-state index in [2.05, 4.69) is 4.98 Å². The number of aromatic nitrogens is 1. The zero-order chi connectivity index (χ0) is 9.80. The largest absolute Gasteiger partial charge is 0.295 e. The van der Waals surface area contributed by atoms with E-state index in [-0.39, 0.29) is 0 Å². The molecule has 1 aliphatic rings. The van der Waals surface area contributed by atoms with Gasteiger partial charge in [0.15, 0.2) is 5.78 Å². The van der Waals surface area contributed by atoms with Crippen LogP contribution in [0.1, 0.15) is 31.4 Å². The van der Waals surface area contributed by atoms with Gasteiger partial charge in [-0.3, -0.25) is 9.78 Å². The van der Waals surface area contributed by atoms with Crippen LogP contribution < -0.4 is 0 Å². The Kier molecular flexibility index (Phi) is 2.73. The maximum atomic E-state index is 11.5. The summed E-state index contributed by atoms with van der Waals surface area (Å²) in [5, 5.41) is 0. The summed E-state index contributed by atoms with van der Waals surface area (Å²) in [5.74, 6) is 0.293. The maximum Gasteiger partial charge on any atom is 0.158 e. The van der Waals surface area contributed by atoms with Gasteiger partial charge in [0.05, 0.1) is 5.69 Å². The van der Waals surface area contributed by atoms with E-state index in [4.69, 9.17) is 0 Å². The Balaban J connectivity index is 2.21. The number of hydrogen-bond donors (Lipinski definition) is 0. The molecule has 1 aromatic rings. The minimum Gasteiger partial charge on any atom is -0.295 e. The van der Waals surface area contributed by atoms with E-state index in [0.717, 1.165) is 30.5 Å². The molecule has 0 bridgehead atoms. The van der Waals surface area contributed by atoms with Crippen LogP contribution in [0.5, 0.6) is 0 Å². The Morgan fingerprint density at radius 2 is 2.07 bits per heavy atom. The minimum absolute atomic E-state index is 0.293. The summed E-state index contributed by atoms with van der Waals surface area (Å²) in [6.45, 7) is 0. The first-order valence-electron chi connectivity index (χ1n) is 5.01. The first kappa shape index (κ1) is 9.13. The van der Waals surface area contributed by atoms with Crippen molar-refractivity contribution in [3.05, 3.63) is 35.7 Å². The highest BCUT2D eigenvalue weighted by atomic mass is 16.1. The Hall–Kier alpha value is -1.44. The summed E-state index contributed by atoms with van der Waals surface area (Å²) in [6.07, 6.45) is 7.46. The Bertz CT molecular complexity index is 354. The molecule has 1 saturated carbocycles. The van der Waals surface area contributed by atoms with Crippen LogP contribution in [0.3, 0.4) is 0 Å². The maximum absolute atomic E-state index is 11.5. The van der Waals surface area contributed by atoms with E-state index in [0.29, 0.717) is 12.2 Å². The molecule has 1 aliphatic carbocycles. The van der Waals surface area contributed by atoms with E-state index < -0.39 is 0 Å². The summed E-state index contributed by atoms with van der Waals surface area (Å²) < 4.78 is 0. The second kappa shape index (κ2) is 4.18. The predicted octanol–water partition coefficient (Wildman–Crippen LogP) is 2.61. The monoisotopic (exact) mass is 187 g/mol. The second-order valence-corrected chi connectivity index (χ2v) is 3.55. The number of carbonyl (C=O) groups excluding carboxylic acids is 1. The van der Waals surface area contributed by atoms with Crippen molar-refractivity contribution in [2.24, 2.45) is 0 Å². The molecule has 2 nitrogen and oxygen atoms in total. The minimum atomic E-state index is 0.293. The van der Waals surface area contributed by atoms with Crippen molar-refractivity contribution in [3.8, 4) is 0 Å². The van der Waals surface area contributed by atoms with Gasteiger partial charge < -0.3 is 0 Å². The third kappa shape index (κ3) is 2.08. The molecule has 1 fully saturated rings. The molecule has 0 atom stereocenters. The zero-order valence-electron chi connectivity index (χ0n) is 8.07. The van der Waals surface area contributed by atoms with Crippen molar-refractivity contribution in [2.45, 2.75) is 25.7 Å².